The molecule has 0 spiro atoms. The molecule has 0 aliphatic carbocycles. The van der Waals surface area contributed by atoms with E-state index in [1.165, 1.54) is 50.6 Å². The minimum atomic E-state index is -2.15. The van der Waals surface area contributed by atoms with Gasteiger partial charge in [-0.1, -0.05) is 0 Å². The largest absolute Gasteiger partial charge is 0.508 e. The second kappa shape index (κ2) is 12.6. The molecule has 2 aromatic rings. The molecule has 0 saturated carbocycles. The minimum Gasteiger partial charge on any atom is -0.508 e. The van der Waals surface area contributed by atoms with E-state index in [0.29, 0.717) is 0 Å². The molecule has 15 heteroatoms. The van der Waals surface area contributed by atoms with Crippen LogP contribution in [0.4, 0.5) is 0 Å². The van der Waals surface area contributed by atoms with Crippen LogP contribution in [0.3, 0.4) is 0 Å². The van der Waals surface area contributed by atoms with Crippen molar-refractivity contribution >= 4 is 5.97 Å². The lowest BCUT2D eigenvalue weighted by molar-refractivity contribution is -0.318. The molecular formula is C26H32O15. The minimum absolute atomic E-state index is 0.0374. The Morgan fingerprint density at radius 2 is 1.63 bits per heavy atom. The van der Waals surface area contributed by atoms with Crippen molar-refractivity contribution in [2.75, 3.05) is 34.0 Å². The van der Waals surface area contributed by atoms with Crippen LogP contribution in [0.2, 0.25) is 0 Å². The molecule has 4 rings (SSSR count). The molecule has 2 aliphatic heterocycles. The Balaban J connectivity index is 1.44. The first-order chi connectivity index (χ1) is 19.5. The topological polar surface area (TPSA) is 223 Å². The second-order valence-corrected chi connectivity index (χ2v) is 9.45. The summed E-state index contributed by atoms with van der Waals surface area (Å²) in [5.41, 5.74) is -2.23. The molecule has 15 nitrogen and oxygen atoms in total. The van der Waals surface area contributed by atoms with Gasteiger partial charge in [0.25, 0.3) is 0 Å². The highest BCUT2D eigenvalue weighted by atomic mass is 16.8. The van der Waals surface area contributed by atoms with Crippen LogP contribution in [-0.2, 0) is 18.9 Å². The Bertz CT molecular complexity index is 1160. The van der Waals surface area contributed by atoms with E-state index in [1.54, 1.807) is 0 Å². The average Bonchev–Trinajstić information content (AvgIpc) is 3.25. The Labute approximate surface area is 233 Å². The summed E-state index contributed by atoms with van der Waals surface area (Å²) in [4.78, 5) is 12.7. The number of carbonyl (C=O) groups is 1. The van der Waals surface area contributed by atoms with E-state index >= 15 is 0 Å². The number of aliphatic hydroxyl groups excluding tert-OH is 4. The van der Waals surface area contributed by atoms with Gasteiger partial charge < -0.3 is 68.9 Å². The summed E-state index contributed by atoms with van der Waals surface area (Å²) in [5.74, 6) is -1.25. The number of hydrogen-bond acceptors (Lipinski definition) is 15. The van der Waals surface area contributed by atoms with Crippen molar-refractivity contribution in [3.63, 3.8) is 0 Å². The Morgan fingerprint density at radius 1 is 1.00 bits per heavy atom. The summed E-state index contributed by atoms with van der Waals surface area (Å²) in [6.07, 6.45) is -10.9. The standard InChI is InChI=1S/C26H32O15/c1-35-15-7-12(8-16(36-2)18(15)29)23(33)37-10-26(34)11-38-25(22(26)32)41-21-20(31)19(30)17(9-27)40-24(21)39-14-5-3-13(28)4-6-14/h3-8,17,19-22,24-25,27-32,34H,9-11H2,1-2H3/t17-,19-,20+,21-,22+,24-,25+,26+/m0/s1. The summed E-state index contributed by atoms with van der Waals surface area (Å²) in [7, 11) is 2.55. The molecule has 2 aliphatic rings. The smallest absolute Gasteiger partial charge is 0.338 e. The number of hydrogen-bond donors (Lipinski definition) is 7. The Kier molecular flexibility index (Phi) is 9.41. The lowest BCUT2D eigenvalue weighted by Gasteiger charge is -2.42. The number of esters is 1. The molecule has 226 valence electrons. The number of rotatable bonds is 10. The van der Waals surface area contributed by atoms with Gasteiger partial charge in [0.1, 0.15) is 42.5 Å². The van der Waals surface area contributed by atoms with Gasteiger partial charge >= 0.3 is 5.97 Å². The van der Waals surface area contributed by atoms with Crippen molar-refractivity contribution in [2.24, 2.45) is 0 Å². The second-order valence-electron chi connectivity index (χ2n) is 9.45. The Morgan fingerprint density at radius 3 is 2.22 bits per heavy atom. The van der Waals surface area contributed by atoms with Crippen molar-refractivity contribution in [1.29, 1.82) is 0 Å². The molecule has 0 amide bonds. The zero-order valence-corrected chi connectivity index (χ0v) is 22.0. The quantitative estimate of drug-likeness (QED) is 0.160. The molecule has 41 heavy (non-hydrogen) atoms. The van der Waals surface area contributed by atoms with E-state index in [9.17, 15) is 40.5 Å². The van der Waals surface area contributed by atoms with E-state index in [-0.39, 0.29) is 34.3 Å². The third-order valence-corrected chi connectivity index (χ3v) is 6.68. The third-order valence-electron chi connectivity index (χ3n) is 6.68. The lowest BCUT2D eigenvalue weighted by atomic mass is 9.98. The maximum absolute atomic E-state index is 12.7. The van der Waals surface area contributed by atoms with Crippen LogP contribution in [-0.4, -0.2) is 124 Å². The number of aliphatic hydroxyl groups is 5. The number of carbonyl (C=O) groups excluding carboxylic acids is 1. The van der Waals surface area contributed by atoms with E-state index in [2.05, 4.69) is 0 Å². The van der Waals surface area contributed by atoms with E-state index in [0.717, 1.165) is 0 Å². The summed E-state index contributed by atoms with van der Waals surface area (Å²) in [6.45, 7) is -1.96. The van der Waals surface area contributed by atoms with Crippen LogP contribution in [0.25, 0.3) is 0 Å². The fourth-order valence-corrected chi connectivity index (χ4v) is 4.29. The van der Waals surface area contributed by atoms with Gasteiger partial charge in [-0.15, -0.1) is 0 Å². The third kappa shape index (κ3) is 6.42. The van der Waals surface area contributed by atoms with Crippen LogP contribution >= 0.6 is 0 Å². The number of methoxy groups -OCH3 is 2. The predicted octanol–water partition coefficient (Wildman–Crippen LogP) is -1.38. The SMILES string of the molecule is COc1cc(C(=O)OC[C@@]2(O)CO[C@H](O[C@@H]3[C@@H](Oc4ccc(O)cc4)O[C@@H](CO)[C@H](O)[C@H]3O)[C@H]2O)cc(OC)c1O. The normalized spacial score (nSPS) is 31.4. The van der Waals surface area contributed by atoms with E-state index in [1.807, 2.05) is 0 Å². The number of phenolic OH excluding ortho intramolecular Hbond substituents is 2. The zero-order chi connectivity index (χ0) is 29.9. The summed E-state index contributed by atoms with van der Waals surface area (Å²) in [6, 6.07) is 7.85. The highest BCUT2D eigenvalue weighted by molar-refractivity contribution is 5.91. The van der Waals surface area contributed by atoms with Gasteiger partial charge in [-0.05, 0) is 36.4 Å². The zero-order valence-electron chi connectivity index (χ0n) is 22.0. The molecule has 2 heterocycles. The molecular weight excluding hydrogens is 552 g/mol. The first-order valence-electron chi connectivity index (χ1n) is 12.4. The van der Waals surface area contributed by atoms with Gasteiger partial charge in [0.05, 0.1) is 33.0 Å². The van der Waals surface area contributed by atoms with Crippen molar-refractivity contribution in [2.45, 2.75) is 48.7 Å². The lowest BCUT2D eigenvalue weighted by Crippen LogP contribution is -2.62. The maximum atomic E-state index is 12.7. The van der Waals surface area contributed by atoms with Crippen molar-refractivity contribution in [1.82, 2.24) is 0 Å². The van der Waals surface area contributed by atoms with Crippen LogP contribution in [0.5, 0.6) is 28.7 Å². The fraction of sp³-hybridized carbons (Fsp3) is 0.500. The van der Waals surface area contributed by atoms with Crippen LogP contribution in [0, 0.1) is 0 Å². The molecule has 2 aromatic carbocycles. The van der Waals surface area contributed by atoms with Gasteiger partial charge in [-0.25, -0.2) is 4.79 Å². The van der Waals surface area contributed by atoms with Crippen LogP contribution < -0.4 is 14.2 Å². The Hall–Kier alpha value is -3.41. The monoisotopic (exact) mass is 584 g/mol. The van der Waals surface area contributed by atoms with Gasteiger partial charge in [0.2, 0.25) is 12.0 Å². The summed E-state index contributed by atoms with van der Waals surface area (Å²) in [5, 5.41) is 72.0. The van der Waals surface area contributed by atoms with Gasteiger partial charge in [0.15, 0.2) is 29.5 Å². The fourth-order valence-electron chi connectivity index (χ4n) is 4.29. The van der Waals surface area contributed by atoms with Gasteiger partial charge in [-0.2, -0.15) is 0 Å². The average molecular weight is 585 g/mol. The number of ether oxygens (including phenoxy) is 7. The van der Waals surface area contributed by atoms with E-state index < -0.39 is 74.5 Å². The van der Waals surface area contributed by atoms with Crippen LogP contribution in [0.15, 0.2) is 36.4 Å². The molecule has 0 bridgehead atoms. The first kappa shape index (κ1) is 30.5. The molecule has 2 saturated heterocycles. The van der Waals surface area contributed by atoms with Gasteiger partial charge in [-0.3, -0.25) is 0 Å². The molecule has 0 unspecified atom stereocenters. The highest BCUT2D eigenvalue weighted by Gasteiger charge is 2.54. The van der Waals surface area contributed by atoms with Crippen molar-refractivity contribution in [3.05, 3.63) is 42.0 Å². The molecule has 2 fully saturated rings. The molecule has 0 aromatic heterocycles. The first-order valence-corrected chi connectivity index (χ1v) is 12.4. The van der Waals surface area contributed by atoms with Crippen molar-refractivity contribution in [3.8, 4) is 28.7 Å². The molecule has 8 atom stereocenters. The highest BCUT2D eigenvalue weighted by Crippen LogP contribution is 2.38. The maximum Gasteiger partial charge on any atom is 0.338 e. The predicted molar refractivity (Wildman–Crippen MR) is 134 cm³/mol. The summed E-state index contributed by atoms with van der Waals surface area (Å²) >= 11 is 0. The number of aromatic hydroxyl groups is 2. The number of phenols is 2. The number of benzene rings is 2. The van der Waals surface area contributed by atoms with E-state index in [4.69, 9.17) is 33.2 Å². The molecule has 7 N–H and O–H groups in total. The molecule has 0 radical (unpaired) electrons. The van der Waals surface area contributed by atoms with Crippen molar-refractivity contribution < 1.29 is 73.7 Å². The summed E-state index contributed by atoms with van der Waals surface area (Å²) < 4.78 is 37.5. The van der Waals surface area contributed by atoms with Crippen LogP contribution in [0.1, 0.15) is 10.4 Å². The van der Waals surface area contributed by atoms with Gasteiger partial charge in [0, 0.05) is 0 Å².